The van der Waals surface area contributed by atoms with E-state index in [2.05, 4.69) is 14.8 Å². The fourth-order valence-electron chi connectivity index (χ4n) is 3.29. The minimum atomic E-state index is 0.106. The first kappa shape index (κ1) is 15.7. The summed E-state index contributed by atoms with van der Waals surface area (Å²) in [5.74, 6) is 2.12. The van der Waals surface area contributed by atoms with Crippen LogP contribution in [0.3, 0.4) is 0 Å². The molecule has 0 atom stereocenters. The van der Waals surface area contributed by atoms with Gasteiger partial charge in [-0.25, -0.2) is 0 Å². The smallest absolute Gasteiger partial charge is 0.227 e. The Morgan fingerprint density at radius 2 is 1.80 bits per heavy atom. The molecule has 0 saturated carbocycles. The Bertz CT molecular complexity index is 868. The molecule has 0 N–H and O–H groups in total. The molecular formula is C20H21N4O+. The zero-order valence-electron chi connectivity index (χ0n) is 14.1. The van der Waals surface area contributed by atoms with Crippen LogP contribution in [-0.4, -0.2) is 20.5 Å². The second kappa shape index (κ2) is 6.97. The number of fused-ring (bicyclic) bond motifs is 1. The van der Waals surface area contributed by atoms with E-state index in [1.54, 1.807) is 0 Å². The van der Waals surface area contributed by atoms with Gasteiger partial charge in [0.05, 0.1) is 0 Å². The van der Waals surface area contributed by atoms with Crippen molar-refractivity contribution < 1.29 is 9.36 Å². The first-order valence-electron chi connectivity index (χ1n) is 8.81. The number of carbonyl (C=O) groups excluding carboxylic acids is 1. The van der Waals surface area contributed by atoms with Crippen LogP contribution in [0.1, 0.15) is 35.4 Å². The van der Waals surface area contributed by atoms with E-state index in [0.717, 1.165) is 35.7 Å². The summed E-state index contributed by atoms with van der Waals surface area (Å²) in [6, 6.07) is 13.4. The molecule has 0 spiro atoms. The second-order valence-electron chi connectivity index (χ2n) is 6.45. The maximum absolute atomic E-state index is 12.3. The molecule has 3 aromatic rings. The van der Waals surface area contributed by atoms with Crippen molar-refractivity contribution in [1.82, 2.24) is 14.8 Å². The van der Waals surface area contributed by atoms with Crippen molar-refractivity contribution in [3.8, 4) is 11.4 Å². The number of benzene rings is 1. The number of aromatic nitrogens is 4. The van der Waals surface area contributed by atoms with Gasteiger partial charge in [0.2, 0.25) is 12.3 Å². The zero-order valence-corrected chi connectivity index (χ0v) is 14.1. The van der Waals surface area contributed by atoms with Crippen LogP contribution in [0.25, 0.3) is 11.4 Å². The van der Waals surface area contributed by atoms with Gasteiger partial charge in [0.1, 0.15) is 5.82 Å². The molecule has 0 aliphatic carbocycles. The fourth-order valence-corrected chi connectivity index (χ4v) is 3.29. The highest BCUT2D eigenvalue weighted by Crippen LogP contribution is 2.21. The van der Waals surface area contributed by atoms with E-state index in [9.17, 15) is 4.79 Å². The summed E-state index contributed by atoms with van der Waals surface area (Å²) in [5, 5.41) is 8.74. The van der Waals surface area contributed by atoms with Crippen LogP contribution in [0.15, 0.2) is 54.9 Å². The second-order valence-corrected chi connectivity index (χ2v) is 6.45. The number of pyridine rings is 1. The molecule has 0 saturated heterocycles. The van der Waals surface area contributed by atoms with Gasteiger partial charge in [-0.05, 0) is 12.8 Å². The van der Waals surface area contributed by atoms with Crippen molar-refractivity contribution in [2.75, 3.05) is 0 Å². The molecule has 5 heteroatoms. The summed E-state index contributed by atoms with van der Waals surface area (Å²) in [6.45, 7) is 1.32. The molecule has 0 bridgehead atoms. The monoisotopic (exact) mass is 333 g/mol. The van der Waals surface area contributed by atoms with Crippen LogP contribution in [0.5, 0.6) is 0 Å². The number of ketones is 1. The Kier molecular flexibility index (Phi) is 4.37. The van der Waals surface area contributed by atoms with Crippen molar-refractivity contribution >= 4 is 5.78 Å². The molecule has 25 heavy (non-hydrogen) atoms. The number of Topliss-reactive ketones (excluding diaryl/α,β-unsaturated/α-hetero) is 1. The number of aryl methyl sites for hydroxylation is 1. The van der Waals surface area contributed by atoms with E-state index in [-0.39, 0.29) is 5.78 Å². The number of nitrogens with zero attached hydrogens (tertiary/aromatic N) is 4. The lowest BCUT2D eigenvalue weighted by Crippen LogP contribution is -2.37. The van der Waals surface area contributed by atoms with Gasteiger partial charge in [0.25, 0.3) is 0 Å². The summed E-state index contributed by atoms with van der Waals surface area (Å²) < 4.78 is 4.14. The van der Waals surface area contributed by atoms with Crippen LogP contribution in [-0.2, 0) is 19.5 Å². The largest absolute Gasteiger partial charge is 0.311 e. The standard InChI is InChI=1S/C20H21N4O/c25-18(16-7-3-1-4-8-16)15-23-13-10-17(11-14-23)20-22-21-19-9-5-2-6-12-24(19)20/h1,3-4,7-8,10-11,13-14H,2,5-6,9,12,15H2/q+1. The lowest BCUT2D eigenvalue weighted by Gasteiger charge is -2.06. The van der Waals surface area contributed by atoms with E-state index >= 15 is 0 Å². The third-order valence-corrected chi connectivity index (χ3v) is 4.68. The van der Waals surface area contributed by atoms with Gasteiger partial charge in [0.15, 0.2) is 18.2 Å². The average molecular weight is 333 g/mol. The predicted octanol–water partition coefficient (Wildman–Crippen LogP) is 2.84. The Morgan fingerprint density at radius 1 is 1.00 bits per heavy atom. The highest BCUT2D eigenvalue weighted by atomic mass is 16.1. The maximum Gasteiger partial charge on any atom is 0.227 e. The molecule has 0 amide bonds. The number of hydrogen-bond acceptors (Lipinski definition) is 3. The van der Waals surface area contributed by atoms with Crippen molar-refractivity contribution in [2.24, 2.45) is 0 Å². The molecule has 0 unspecified atom stereocenters. The van der Waals surface area contributed by atoms with Gasteiger partial charge < -0.3 is 4.57 Å². The number of hydrogen-bond donors (Lipinski definition) is 0. The minimum Gasteiger partial charge on any atom is -0.311 e. The van der Waals surface area contributed by atoms with Gasteiger partial charge in [-0.1, -0.05) is 36.8 Å². The van der Waals surface area contributed by atoms with Crippen LogP contribution in [0.4, 0.5) is 0 Å². The van der Waals surface area contributed by atoms with Gasteiger partial charge >= 0.3 is 0 Å². The summed E-state index contributed by atoms with van der Waals surface area (Å²) >= 11 is 0. The van der Waals surface area contributed by atoms with Gasteiger partial charge in [-0.3, -0.25) is 4.79 Å². The first-order valence-corrected chi connectivity index (χ1v) is 8.81. The Morgan fingerprint density at radius 3 is 2.60 bits per heavy atom. The molecule has 126 valence electrons. The molecule has 1 aliphatic heterocycles. The highest BCUT2D eigenvalue weighted by Gasteiger charge is 2.17. The molecule has 2 aromatic heterocycles. The van der Waals surface area contributed by atoms with Crippen molar-refractivity contribution in [3.63, 3.8) is 0 Å². The lowest BCUT2D eigenvalue weighted by atomic mass is 10.1. The van der Waals surface area contributed by atoms with Crippen LogP contribution < -0.4 is 4.57 Å². The summed E-state index contributed by atoms with van der Waals surface area (Å²) in [5.41, 5.74) is 1.78. The van der Waals surface area contributed by atoms with Gasteiger partial charge in [-0.15, -0.1) is 10.2 Å². The predicted molar refractivity (Wildman–Crippen MR) is 94.0 cm³/mol. The maximum atomic E-state index is 12.3. The van der Waals surface area contributed by atoms with Crippen LogP contribution in [0.2, 0.25) is 0 Å². The first-order chi connectivity index (χ1) is 12.3. The van der Waals surface area contributed by atoms with Gasteiger partial charge in [0, 0.05) is 36.2 Å². The molecule has 1 aliphatic rings. The summed E-state index contributed by atoms with van der Waals surface area (Å²) in [7, 11) is 0. The Balaban J connectivity index is 1.53. The van der Waals surface area contributed by atoms with Crippen molar-refractivity contribution in [3.05, 3.63) is 66.2 Å². The molecular weight excluding hydrogens is 312 g/mol. The van der Waals surface area contributed by atoms with E-state index in [0.29, 0.717) is 6.54 Å². The fraction of sp³-hybridized carbons (Fsp3) is 0.300. The Hall–Kier alpha value is -2.82. The summed E-state index contributed by atoms with van der Waals surface area (Å²) in [6.07, 6.45) is 8.50. The SMILES string of the molecule is O=C(C[n+]1ccc(-c2nnc3n2CCCCC3)cc1)c1ccccc1. The highest BCUT2D eigenvalue weighted by molar-refractivity contribution is 5.94. The van der Waals surface area contributed by atoms with Crippen LogP contribution >= 0.6 is 0 Å². The molecule has 3 heterocycles. The van der Waals surface area contributed by atoms with Gasteiger partial charge in [-0.2, -0.15) is 4.57 Å². The van der Waals surface area contributed by atoms with E-state index in [1.165, 1.54) is 19.3 Å². The van der Waals surface area contributed by atoms with E-state index in [1.807, 2.05) is 59.4 Å². The third kappa shape index (κ3) is 3.36. The van der Waals surface area contributed by atoms with E-state index < -0.39 is 0 Å². The normalized spacial score (nSPS) is 13.9. The molecule has 0 radical (unpaired) electrons. The molecule has 5 nitrogen and oxygen atoms in total. The lowest BCUT2D eigenvalue weighted by molar-refractivity contribution is -0.683. The topological polar surface area (TPSA) is 51.7 Å². The molecule has 0 fully saturated rings. The summed E-state index contributed by atoms with van der Waals surface area (Å²) in [4.78, 5) is 12.3. The number of carbonyl (C=O) groups is 1. The minimum absolute atomic E-state index is 0.106. The Labute approximate surface area is 147 Å². The quantitative estimate of drug-likeness (QED) is 0.545. The average Bonchev–Trinajstić information content (AvgIpc) is 2.91. The third-order valence-electron chi connectivity index (χ3n) is 4.68. The molecule has 1 aromatic carbocycles. The van der Waals surface area contributed by atoms with Crippen molar-refractivity contribution in [1.29, 1.82) is 0 Å². The number of rotatable bonds is 4. The zero-order chi connectivity index (χ0) is 17.1. The molecule has 4 rings (SSSR count). The van der Waals surface area contributed by atoms with Crippen LogP contribution in [0, 0.1) is 0 Å². The van der Waals surface area contributed by atoms with E-state index in [4.69, 9.17) is 0 Å². The van der Waals surface area contributed by atoms with Crippen molar-refractivity contribution in [2.45, 2.75) is 38.8 Å².